The summed E-state index contributed by atoms with van der Waals surface area (Å²) < 4.78 is 22.7. The minimum atomic E-state index is -1.53. The summed E-state index contributed by atoms with van der Waals surface area (Å²) in [7, 11) is 5.93. The summed E-state index contributed by atoms with van der Waals surface area (Å²) in [6.07, 6.45) is 80.6. The van der Waals surface area contributed by atoms with Gasteiger partial charge >= 0.3 is 17.9 Å². The summed E-state index contributed by atoms with van der Waals surface area (Å²) in [5.74, 6) is -2.08. The largest absolute Gasteiger partial charge is 0.477 e. The third-order valence-corrected chi connectivity index (χ3v) is 11.5. The van der Waals surface area contributed by atoms with E-state index in [9.17, 15) is 19.5 Å². The summed E-state index contributed by atoms with van der Waals surface area (Å²) in [6, 6.07) is 0. The van der Waals surface area contributed by atoms with Gasteiger partial charge in [-0.3, -0.25) is 9.59 Å². The van der Waals surface area contributed by atoms with Crippen molar-refractivity contribution in [3.05, 3.63) is 158 Å². The smallest absolute Gasteiger partial charge is 0.361 e. The maximum atomic E-state index is 12.8. The SMILES string of the molecule is CC/C=C\C/C=C\C/C=C\C/C=C\C/C=C\C/C=C\C/C=C\C/C=C\C/C=C\C/C=C\C/C=C\C/C=C\CCCCCCC(=O)OC(COC(=O)CCCCCCC/C=C\CCC)COC(OCC[N+](C)(C)C)C(=O)O. The van der Waals surface area contributed by atoms with E-state index in [1.54, 1.807) is 0 Å². The number of ether oxygens (including phenoxy) is 4. The van der Waals surface area contributed by atoms with E-state index < -0.39 is 24.3 Å². The Balaban J connectivity index is 4.21. The summed E-state index contributed by atoms with van der Waals surface area (Å²) in [5, 5.41) is 9.66. The molecule has 9 nitrogen and oxygen atoms in total. The number of allylic oxidation sites excluding steroid dienone is 26. The average Bonchev–Trinajstić information content (AvgIpc) is 3.39. The van der Waals surface area contributed by atoms with Gasteiger partial charge in [0.25, 0.3) is 6.29 Å². The number of quaternary nitrogens is 1. The molecule has 0 aromatic rings. The fourth-order valence-electron chi connectivity index (χ4n) is 7.05. The van der Waals surface area contributed by atoms with Crippen LogP contribution in [0.25, 0.3) is 0 Å². The highest BCUT2D eigenvalue weighted by molar-refractivity contribution is 5.71. The molecule has 0 saturated heterocycles. The molecule has 0 aliphatic heterocycles. The molecule has 0 heterocycles. The molecular formula is C67H106NO8+. The number of unbranched alkanes of at least 4 members (excludes halogenated alkanes) is 10. The number of carboxylic acid groups (broad SMARTS) is 1. The Bertz CT molecular complexity index is 1800. The fourth-order valence-corrected chi connectivity index (χ4v) is 7.05. The monoisotopic (exact) mass is 1050 g/mol. The van der Waals surface area contributed by atoms with Crippen LogP contribution in [0.1, 0.15) is 187 Å². The zero-order valence-electron chi connectivity index (χ0n) is 48.3. The van der Waals surface area contributed by atoms with E-state index in [0.717, 1.165) is 148 Å². The number of carboxylic acids is 1. The predicted octanol–water partition coefficient (Wildman–Crippen LogP) is 17.4. The zero-order valence-corrected chi connectivity index (χ0v) is 48.3. The van der Waals surface area contributed by atoms with Crippen molar-refractivity contribution in [2.45, 2.75) is 200 Å². The minimum absolute atomic E-state index is 0.173. The molecule has 0 radical (unpaired) electrons. The van der Waals surface area contributed by atoms with Crippen LogP contribution in [-0.2, 0) is 33.3 Å². The second kappa shape index (κ2) is 56.1. The van der Waals surface area contributed by atoms with Crippen LogP contribution in [0.3, 0.4) is 0 Å². The number of nitrogens with zero attached hydrogens (tertiary/aromatic N) is 1. The molecule has 2 atom stereocenters. The molecule has 0 rings (SSSR count). The topological polar surface area (TPSA) is 108 Å². The maximum Gasteiger partial charge on any atom is 0.361 e. The fraction of sp³-hybridized carbons (Fsp3) is 0.567. The van der Waals surface area contributed by atoms with Crippen LogP contribution in [0.15, 0.2) is 158 Å². The van der Waals surface area contributed by atoms with Gasteiger partial charge in [0, 0.05) is 12.8 Å². The Kier molecular flexibility index (Phi) is 52.4. The van der Waals surface area contributed by atoms with Gasteiger partial charge in [-0.15, -0.1) is 0 Å². The molecule has 0 bridgehead atoms. The molecule has 426 valence electrons. The second-order valence-corrected chi connectivity index (χ2v) is 19.9. The van der Waals surface area contributed by atoms with Crippen molar-refractivity contribution in [3.8, 4) is 0 Å². The molecule has 1 N–H and O–H groups in total. The number of carbonyl (C=O) groups excluding carboxylic acids is 2. The van der Waals surface area contributed by atoms with Gasteiger partial charge in [0.05, 0.1) is 34.4 Å². The predicted molar refractivity (Wildman–Crippen MR) is 322 cm³/mol. The van der Waals surface area contributed by atoms with Gasteiger partial charge < -0.3 is 28.5 Å². The van der Waals surface area contributed by atoms with Gasteiger partial charge in [0.1, 0.15) is 13.2 Å². The molecular weight excluding hydrogens is 947 g/mol. The summed E-state index contributed by atoms with van der Waals surface area (Å²) in [4.78, 5) is 37.2. The Labute approximate surface area is 464 Å². The van der Waals surface area contributed by atoms with E-state index in [1.807, 2.05) is 21.1 Å². The lowest BCUT2D eigenvalue weighted by atomic mass is 10.1. The summed E-state index contributed by atoms with van der Waals surface area (Å²) in [5.41, 5.74) is 0. The lowest BCUT2D eigenvalue weighted by Gasteiger charge is -2.25. The number of hydrogen-bond donors (Lipinski definition) is 1. The van der Waals surface area contributed by atoms with Gasteiger partial charge in [-0.05, 0) is 122 Å². The third kappa shape index (κ3) is 56.6. The highest BCUT2D eigenvalue weighted by Gasteiger charge is 2.25. The van der Waals surface area contributed by atoms with Crippen LogP contribution in [0.4, 0.5) is 0 Å². The van der Waals surface area contributed by atoms with Gasteiger partial charge in [-0.2, -0.15) is 0 Å². The Morgan fingerprint density at radius 1 is 0.408 bits per heavy atom. The number of likely N-dealkylation sites (N-methyl/N-ethyl adjacent to an activating group) is 1. The minimum Gasteiger partial charge on any atom is -0.477 e. The normalized spacial score (nSPS) is 14.0. The lowest BCUT2D eigenvalue weighted by molar-refractivity contribution is -0.870. The number of hydrogen-bond acceptors (Lipinski definition) is 7. The van der Waals surface area contributed by atoms with E-state index in [1.165, 1.54) is 6.42 Å². The van der Waals surface area contributed by atoms with Gasteiger partial charge in [-0.25, -0.2) is 4.79 Å². The second-order valence-electron chi connectivity index (χ2n) is 19.9. The first-order chi connectivity index (χ1) is 37.1. The van der Waals surface area contributed by atoms with Crippen LogP contribution in [0.5, 0.6) is 0 Å². The third-order valence-electron chi connectivity index (χ3n) is 11.5. The highest BCUT2D eigenvalue weighted by Crippen LogP contribution is 2.12. The van der Waals surface area contributed by atoms with Gasteiger partial charge in [0.2, 0.25) is 0 Å². The first-order valence-corrected chi connectivity index (χ1v) is 29.1. The van der Waals surface area contributed by atoms with Crippen molar-refractivity contribution in [1.29, 1.82) is 0 Å². The molecule has 0 saturated carbocycles. The number of esters is 2. The van der Waals surface area contributed by atoms with Crippen LogP contribution < -0.4 is 0 Å². The van der Waals surface area contributed by atoms with Crippen LogP contribution >= 0.6 is 0 Å². The van der Waals surface area contributed by atoms with E-state index in [2.05, 4.69) is 172 Å². The molecule has 0 aliphatic rings. The Hall–Kier alpha value is -5.09. The molecule has 0 aromatic heterocycles. The molecule has 0 amide bonds. The highest BCUT2D eigenvalue weighted by atomic mass is 16.7. The van der Waals surface area contributed by atoms with Crippen LogP contribution in [0.2, 0.25) is 0 Å². The molecule has 0 aromatic carbocycles. The van der Waals surface area contributed by atoms with Crippen LogP contribution in [-0.4, -0.2) is 87.4 Å². The lowest BCUT2D eigenvalue weighted by Crippen LogP contribution is -2.40. The number of carbonyl (C=O) groups is 3. The van der Waals surface area contributed by atoms with Gasteiger partial charge in [-0.1, -0.05) is 210 Å². The first-order valence-electron chi connectivity index (χ1n) is 29.1. The maximum absolute atomic E-state index is 12.8. The first kappa shape index (κ1) is 70.9. The van der Waals surface area contributed by atoms with Crippen molar-refractivity contribution in [2.75, 3.05) is 47.5 Å². The van der Waals surface area contributed by atoms with E-state index in [-0.39, 0.29) is 38.6 Å². The van der Waals surface area contributed by atoms with Crippen LogP contribution in [0, 0.1) is 0 Å². The van der Waals surface area contributed by atoms with Crippen molar-refractivity contribution < 1.29 is 42.9 Å². The molecule has 9 heteroatoms. The molecule has 0 spiro atoms. The van der Waals surface area contributed by atoms with Crippen molar-refractivity contribution >= 4 is 17.9 Å². The molecule has 2 unspecified atom stereocenters. The number of aliphatic carboxylic acids is 1. The van der Waals surface area contributed by atoms with Crippen molar-refractivity contribution in [1.82, 2.24) is 0 Å². The molecule has 0 aliphatic carbocycles. The number of rotatable bonds is 51. The Morgan fingerprint density at radius 3 is 1.13 bits per heavy atom. The quantitative estimate of drug-likeness (QED) is 0.0211. The van der Waals surface area contributed by atoms with Gasteiger partial charge in [0.15, 0.2) is 6.10 Å². The molecule has 76 heavy (non-hydrogen) atoms. The van der Waals surface area contributed by atoms with E-state index >= 15 is 0 Å². The van der Waals surface area contributed by atoms with Crippen molar-refractivity contribution in [3.63, 3.8) is 0 Å². The van der Waals surface area contributed by atoms with E-state index in [4.69, 9.17) is 18.9 Å². The standard InChI is InChI=1S/C67H105NO8/c1-6-8-10-12-14-16-18-19-20-21-22-23-24-25-26-27-28-29-30-31-32-33-34-35-36-37-38-39-40-41-42-43-44-45-46-47-48-50-52-54-56-58-65(70)76-63(62-75-67(66(71)72)73-60-59-68(3,4)5)61-74-64(69)57-55-53-51-49-17-15-13-11-9-7-2/h8,10-11,13-14,16,19-20,22-23,25-26,28-29,31-32,34-35,37-38,40-41,43-44,46-47,63,67H,6-7,9,12,15,17-18,21,24,27,30,33,36,39,42,45,48-62H2,1-5H3/p+1/b10-8-,13-11-,16-14-,20-19-,23-22-,26-25-,29-28-,32-31-,35-34-,38-37-,41-40-,44-43-,47-46-. The Morgan fingerprint density at radius 2 is 0.750 bits per heavy atom. The summed E-state index contributed by atoms with van der Waals surface area (Å²) in [6.45, 7) is 4.61. The summed E-state index contributed by atoms with van der Waals surface area (Å²) >= 11 is 0. The molecule has 0 fully saturated rings. The van der Waals surface area contributed by atoms with Crippen molar-refractivity contribution in [2.24, 2.45) is 0 Å². The zero-order chi connectivity index (χ0) is 55.5. The average molecular weight is 1050 g/mol. The van der Waals surface area contributed by atoms with E-state index in [0.29, 0.717) is 17.4 Å².